The Balaban J connectivity index is 1.66. The molecule has 0 aliphatic heterocycles. The largest absolute Gasteiger partial charge is 0.481 e. The molecule has 1 heterocycles. The molecule has 0 spiro atoms. The molecule has 0 aliphatic rings. The summed E-state index contributed by atoms with van der Waals surface area (Å²) < 4.78 is 33.2. The SMILES string of the molecule is CC[C@H](Oc1ccc(C)c(C)c1)C(=O)Nc1ccc(S(=O)(=O)Nc2ccccn2)cc1. The topological polar surface area (TPSA) is 97.4 Å². The molecule has 0 fully saturated rings. The zero-order chi connectivity index (χ0) is 22.4. The number of carbonyl (C=O) groups excluding carboxylic acids is 1. The Hall–Kier alpha value is -3.39. The molecule has 0 saturated heterocycles. The lowest BCUT2D eigenvalue weighted by molar-refractivity contribution is -0.122. The first kappa shape index (κ1) is 22.3. The Morgan fingerprint density at radius 1 is 1.03 bits per heavy atom. The van der Waals surface area contributed by atoms with E-state index in [1.54, 1.807) is 18.2 Å². The van der Waals surface area contributed by atoms with Crippen LogP contribution >= 0.6 is 0 Å². The Kier molecular flexibility index (Phi) is 6.91. The van der Waals surface area contributed by atoms with E-state index in [2.05, 4.69) is 15.0 Å². The predicted molar refractivity (Wildman–Crippen MR) is 121 cm³/mol. The normalized spacial score (nSPS) is 12.1. The van der Waals surface area contributed by atoms with Crippen molar-refractivity contribution in [3.05, 3.63) is 78.0 Å². The first-order chi connectivity index (χ1) is 14.8. The van der Waals surface area contributed by atoms with E-state index in [1.165, 1.54) is 30.5 Å². The van der Waals surface area contributed by atoms with Gasteiger partial charge in [-0.15, -0.1) is 0 Å². The fourth-order valence-corrected chi connectivity index (χ4v) is 3.84. The Morgan fingerprint density at radius 2 is 1.77 bits per heavy atom. The summed E-state index contributed by atoms with van der Waals surface area (Å²) in [5.74, 6) is 0.559. The van der Waals surface area contributed by atoms with E-state index in [0.717, 1.165) is 11.1 Å². The summed E-state index contributed by atoms with van der Waals surface area (Å²) in [5.41, 5.74) is 2.71. The molecule has 8 heteroatoms. The molecular weight excluding hydrogens is 414 g/mol. The Bertz CT molecular complexity index is 1150. The van der Waals surface area contributed by atoms with Crippen LogP contribution in [0.1, 0.15) is 24.5 Å². The van der Waals surface area contributed by atoms with Crippen molar-refractivity contribution in [1.82, 2.24) is 4.98 Å². The highest BCUT2D eigenvalue weighted by Gasteiger charge is 2.20. The number of amides is 1. The first-order valence-electron chi connectivity index (χ1n) is 9.87. The van der Waals surface area contributed by atoms with Crippen molar-refractivity contribution in [3.63, 3.8) is 0 Å². The van der Waals surface area contributed by atoms with Crippen molar-refractivity contribution in [2.75, 3.05) is 10.0 Å². The summed E-state index contributed by atoms with van der Waals surface area (Å²) in [6.07, 6.45) is 1.32. The highest BCUT2D eigenvalue weighted by Crippen LogP contribution is 2.20. The average molecular weight is 440 g/mol. The minimum Gasteiger partial charge on any atom is -0.481 e. The maximum absolute atomic E-state index is 12.6. The third-order valence-electron chi connectivity index (χ3n) is 4.76. The van der Waals surface area contributed by atoms with E-state index in [-0.39, 0.29) is 16.6 Å². The molecule has 0 unspecified atom stereocenters. The lowest BCUT2D eigenvalue weighted by Gasteiger charge is -2.18. The fourth-order valence-electron chi connectivity index (χ4n) is 2.83. The van der Waals surface area contributed by atoms with Crippen LogP contribution in [-0.2, 0) is 14.8 Å². The Labute approximate surface area is 182 Å². The number of hydrogen-bond donors (Lipinski definition) is 2. The molecule has 31 heavy (non-hydrogen) atoms. The zero-order valence-corrected chi connectivity index (χ0v) is 18.4. The van der Waals surface area contributed by atoms with Gasteiger partial charge in [0.25, 0.3) is 15.9 Å². The number of ether oxygens (including phenoxy) is 1. The van der Waals surface area contributed by atoms with E-state index < -0.39 is 16.1 Å². The number of anilines is 2. The molecule has 0 aliphatic carbocycles. The van der Waals surface area contributed by atoms with Crippen LogP contribution in [0.5, 0.6) is 5.75 Å². The maximum Gasteiger partial charge on any atom is 0.265 e. The van der Waals surface area contributed by atoms with Gasteiger partial charge in [0.05, 0.1) is 4.90 Å². The van der Waals surface area contributed by atoms with Crippen molar-refractivity contribution in [2.45, 2.75) is 38.2 Å². The van der Waals surface area contributed by atoms with Gasteiger partial charge in [0.2, 0.25) is 0 Å². The maximum atomic E-state index is 12.6. The highest BCUT2D eigenvalue weighted by molar-refractivity contribution is 7.92. The van der Waals surface area contributed by atoms with Gasteiger partial charge in [-0.2, -0.15) is 0 Å². The van der Waals surface area contributed by atoms with E-state index in [4.69, 9.17) is 4.74 Å². The van der Waals surface area contributed by atoms with E-state index >= 15 is 0 Å². The lowest BCUT2D eigenvalue weighted by atomic mass is 10.1. The van der Waals surface area contributed by atoms with Crippen molar-refractivity contribution >= 4 is 27.4 Å². The van der Waals surface area contributed by atoms with Gasteiger partial charge in [-0.1, -0.05) is 19.1 Å². The van der Waals surface area contributed by atoms with Crippen LogP contribution in [0, 0.1) is 13.8 Å². The predicted octanol–water partition coefficient (Wildman–Crippen LogP) is 4.30. The van der Waals surface area contributed by atoms with Crippen LogP contribution in [0.4, 0.5) is 11.5 Å². The van der Waals surface area contributed by atoms with Gasteiger partial charge in [0.15, 0.2) is 6.10 Å². The van der Waals surface area contributed by atoms with Crippen molar-refractivity contribution < 1.29 is 17.9 Å². The third kappa shape index (κ3) is 5.82. The number of nitrogens with zero attached hydrogens (tertiary/aromatic N) is 1. The van der Waals surface area contributed by atoms with Gasteiger partial charge in [-0.3, -0.25) is 9.52 Å². The number of sulfonamides is 1. The molecule has 0 radical (unpaired) electrons. The summed E-state index contributed by atoms with van der Waals surface area (Å²) in [6.45, 7) is 5.87. The quantitative estimate of drug-likeness (QED) is 0.546. The van der Waals surface area contributed by atoms with Crippen molar-refractivity contribution in [1.29, 1.82) is 0 Å². The summed E-state index contributed by atoms with van der Waals surface area (Å²) >= 11 is 0. The van der Waals surface area contributed by atoms with Crippen LogP contribution in [0.25, 0.3) is 0 Å². The van der Waals surface area contributed by atoms with Gasteiger partial charge in [-0.25, -0.2) is 13.4 Å². The summed E-state index contributed by atoms with van der Waals surface area (Å²) in [6, 6.07) is 16.6. The van der Waals surface area contributed by atoms with Crippen LogP contribution in [0.2, 0.25) is 0 Å². The number of pyridine rings is 1. The van der Waals surface area contributed by atoms with E-state index in [0.29, 0.717) is 17.9 Å². The van der Waals surface area contributed by atoms with Crippen molar-refractivity contribution in [3.8, 4) is 5.75 Å². The number of hydrogen-bond acceptors (Lipinski definition) is 5. The number of aromatic nitrogens is 1. The third-order valence-corrected chi connectivity index (χ3v) is 6.13. The lowest BCUT2D eigenvalue weighted by Crippen LogP contribution is -2.32. The molecule has 1 atom stereocenters. The molecule has 0 bridgehead atoms. The number of aryl methyl sites for hydroxylation is 2. The molecule has 3 rings (SSSR count). The standard InChI is InChI=1S/C23H25N3O4S/c1-4-21(30-19-11-8-16(2)17(3)15-19)23(27)25-18-9-12-20(13-10-18)31(28,29)26-22-7-5-6-14-24-22/h5-15,21H,4H2,1-3H3,(H,24,26)(H,25,27)/t21-/m0/s1. The number of carbonyl (C=O) groups is 1. The monoisotopic (exact) mass is 439 g/mol. The van der Waals surface area contributed by atoms with E-state index in [1.807, 2.05) is 39.0 Å². The second-order valence-electron chi connectivity index (χ2n) is 7.09. The van der Waals surface area contributed by atoms with E-state index in [9.17, 15) is 13.2 Å². The molecule has 0 saturated carbocycles. The number of benzene rings is 2. The minimum absolute atomic E-state index is 0.0644. The van der Waals surface area contributed by atoms with Gasteiger partial charge in [0, 0.05) is 11.9 Å². The second-order valence-corrected chi connectivity index (χ2v) is 8.78. The molecule has 162 valence electrons. The minimum atomic E-state index is -3.78. The molecular formula is C23H25N3O4S. The average Bonchev–Trinajstić information content (AvgIpc) is 2.75. The second kappa shape index (κ2) is 9.61. The molecule has 7 nitrogen and oxygen atoms in total. The van der Waals surface area contributed by atoms with Crippen LogP contribution in [-0.4, -0.2) is 25.4 Å². The van der Waals surface area contributed by atoms with Crippen molar-refractivity contribution in [2.24, 2.45) is 0 Å². The summed E-state index contributed by atoms with van der Waals surface area (Å²) in [5, 5.41) is 2.78. The summed E-state index contributed by atoms with van der Waals surface area (Å²) in [7, 11) is -3.78. The van der Waals surface area contributed by atoms with Crippen LogP contribution in [0.15, 0.2) is 71.8 Å². The molecule has 2 aromatic carbocycles. The van der Waals surface area contributed by atoms with Crippen LogP contribution < -0.4 is 14.8 Å². The fraction of sp³-hybridized carbons (Fsp3) is 0.217. The van der Waals surface area contributed by atoms with Gasteiger partial charge in [0.1, 0.15) is 11.6 Å². The smallest absolute Gasteiger partial charge is 0.265 e. The van der Waals surface area contributed by atoms with Crippen LogP contribution in [0.3, 0.4) is 0 Å². The zero-order valence-electron chi connectivity index (χ0n) is 17.6. The van der Waals surface area contributed by atoms with Gasteiger partial charge < -0.3 is 10.1 Å². The number of rotatable bonds is 8. The Morgan fingerprint density at radius 3 is 2.39 bits per heavy atom. The van der Waals surface area contributed by atoms with Gasteiger partial charge >= 0.3 is 0 Å². The number of nitrogens with one attached hydrogen (secondary N) is 2. The first-order valence-corrected chi connectivity index (χ1v) is 11.4. The highest BCUT2D eigenvalue weighted by atomic mass is 32.2. The molecule has 1 aromatic heterocycles. The summed E-state index contributed by atoms with van der Waals surface area (Å²) in [4.78, 5) is 16.7. The molecule has 2 N–H and O–H groups in total. The van der Waals surface area contributed by atoms with Gasteiger partial charge in [-0.05, 0) is 79.9 Å². The molecule has 1 amide bonds. The molecule has 3 aromatic rings.